The van der Waals surface area contributed by atoms with Gasteiger partial charge in [-0.25, -0.2) is 0 Å². The Labute approximate surface area is 451 Å². The molecule has 30 unspecified atom stereocenters. The first-order valence-corrected chi connectivity index (χ1v) is 28.6. The van der Waals surface area contributed by atoms with Gasteiger partial charge in [-0.3, -0.25) is 0 Å². The van der Waals surface area contributed by atoms with Crippen LogP contribution in [0.1, 0.15) is 127 Å². The first-order valence-electron chi connectivity index (χ1n) is 28.6. The van der Waals surface area contributed by atoms with E-state index >= 15 is 0 Å². The lowest BCUT2D eigenvalue weighted by atomic mass is 9.30. The molecule has 5 heterocycles. The molecule has 5 saturated heterocycles. The Balaban J connectivity index is 0.892. The molecule has 0 amide bonds. The van der Waals surface area contributed by atoms with Gasteiger partial charge in [-0.15, -0.1) is 0 Å². The number of hydrogen-bond donors (Lipinski definition) is 12. The summed E-state index contributed by atoms with van der Waals surface area (Å²) in [6.45, 7) is 18.3. The fourth-order valence-corrected chi connectivity index (χ4v) is 18.1. The van der Waals surface area contributed by atoms with Crippen LogP contribution in [0.3, 0.4) is 0 Å². The second kappa shape index (κ2) is 21.0. The van der Waals surface area contributed by atoms with Crippen molar-refractivity contribution in [3.05, 3.63) is 0 Å². The molecule has 5 saturated carbocycles. The van der Waals surface area contributed by atoms with E-state index in [-0.39, 0.29) is 57.7 Å². The van der Waals surface area contributed by atoms with E-state index in [4.69, 9.17) is 47.4 Å². The lowest BCUT2D eigenvalue weighted by Crippen LogP contribution is -2.74. The van der Waals surface area contributed by atoms with Crippen molar-refractivity contribution >= 4 is 0 Å². The molecule has 0 radical (unpaired) electrons. The third-order valence-electron chi connectivity index (χ3n) is 22.5. The lowest BCUT2D eigenvalue weighted by molar-refractivity contribution is -0.392. The van der Waals surface area contributed by atoms with Gasteiger partial charge in [0.05, 0.1) is 62.0 Å². The third kappa shape index (κ3) is 9.18. The second-order valence-corrected chi connectivity index (χ2v) is 27.1. The van der Waals surface area contributed by atoms with Gasteiger partial charge in [0.15, 0.2) is 25.2 Å². The molecule has 5 aliphatic carbocycles. The van der Waals surface area contributed by atoms with Gasteiger partial charge in [-0.2, -0.15) is 0 Å². The molecule has 444 valence electrons. The fraction of sp³-hybridized carbons (Fsp3) is 1.00. The second-order valence-electron chi connectivity index (χ2n) is 27.1. The molecule has 12 N–H and O–H groups in total. The normalized spacial score (nSPS) is 57.4. The molecule has 2 bridgehead atoms. The predicted octanol–water partition coefficient (Wildman–Crippen LogP) is -0.526. The molecule has 10 aliphatic rings. The van der Waals surface area contributed by atoms with Crippen LogP contribution in [-0.4, -0.2) is 234 Å². The summed E-state index contributed by atoms with van der Waals surface area (Å²) in [6, 6.07) is 0. The summed E-state index contributed by atoms with van der Waals surface area (Å²) in [5.74, 6) is 0.603. The number of fused-ring (bicyclic) bond motifs is 4. The molecule has 0 aromatic heterocycles. The lowest BCUT2D eigenvalue weighted by Gasteiger charge is -2.75. The van der Waals surface area contributed by atoms with E-state index < -0.39 is 153 Å². The van der Waals surface area contributed by atoms with Crippen LogP contribution >= 0.6 is 0 Å². The maximum atomic E-state index is 12.5. The highest BCUT2D eigenvalue weighted by Gasteiger charge is 2.80. The van der Waals surface area contributed by atoms with Crippen molar-refractivity contribution in [3.8, 4) is 0 Å². The van der Waals surface area contributed by atoms with Crippen LogP contribution < -0.4 is 0 Å². The zero-order valence-electron chi connectivity index (χ0n) is 46.3. The molecule has 22 heteroatoms. The van der Waals surface area contributed by atoms with Gasteiger partial charge in [-0.05, 0) is 120 Å². The van der Waals surface area contributed by atoms with E-state index in [1.807, 2.05) is 0 Å². The summed E-state index contributed by atoms with van der Waals surface area (Å²) in [4.78, 5) is 0. The molecule has 0 aromatic carbocycles. The largest absolute Gasteiger partial charge is 0.394 e. The van der Waals surface area contributed by atoms with Gasteiger partial charge in [0.2, 0.25) is 0 Å². The summed E-state index contributed by atoms with van der Waals surface area (Å²) in [6.07, 6.45) is -23.2. The van der Waals surface area contributed by atoms with Gasteiger partial charge in [0, 0.05) is 16.7 Å². The molecule has 30 atom stereocenters. The summed E-state index contributed by atoms with van der Waals surface area (Å²) in [5, 5.41) is 132. The molecule has 1 spiro atoms. The van der Waals surface area contributed by atoms with Crippen molar-refractivity contribution in [2.45, 2.75) is 273 Å². The first-order chi connectivity index (χ1) is 36.1. The Bertz CT molecular complexity index is 2070. The van der Waals surface area contributed by atoms with Crippen molar-refractivity contribution in [3.63, 3.8) is 0 Å². The van der Waals surface area contributed by atoms with Crippen molar-refractivity contribution in [2.75, 3.05) is 26.4 Å². The Morgan fingerprint density at radius 1 is 0.545 bits per heavy atom. The van der Waals surface area contributed by atoms with Crippen LogP contribution in [0.15, 0.2) is 0 Å². The predicted molar refractivity (Wildman–Crippen MR) is 266 cm³/mol. The molecular weight excluding hydrogens is 1010 g/mol. The Morgan fingerprint density at radius 2 is 1.16 bits per heavy atom. The van der Waals surface area contributed by atoms with Crippen LogP contribution in [0.5, 0.6) is 0 Å². The van der Waals surface area contributed by atoms with Crippen LogP contribution in [0, 0.1) is 44.8 Å². The van der Waals surface area contributed by atoms with E-state index in [1.54, 1.807) is 0 Å². The average Bonchev–Trinajstić information content (AvgIpc) is 3.42. The van der Waals surface area contributed by atoms with E-state index in [1.165, 1.54) is 6.92 Å². The van der Waals surface area contributed by atoms with Gasteiger partial charge >= 0.3 is 0 Å². The summed E-state index contributed by atoms with van der Waals surface area (Å²) in [7, 11) is 0. The monoisotopic (exact) mass is 1100 g/mol. The minimum absolute atomic E-state index is 0.0839. The standard InChI is InChI=1S/C55H92O22/c1-24(2)77-50(6)16-17-54-23-69-55(31(54)18-50)15-11-30-51(7)13-12-33(49(4,5)29(51)10-14-52(30,8)53(55,9)19-32(54)58)74-48-44(36(61)28(22-68-48)73-46-41(66)38(63)35(60)26(20-56)71-46)76-47-42(67)39(64)43(27(21-57)72-47)75-45-40(65)37(62)34(59)25(3)70-45/h24-48,56-67H,10-23H2,1-9H3. The van der Waals surface area contributed by atoms with E-state index in [2.05, 4.69) is 55.4 Å². The number of aliphatic hydroxyl groups is 12. The van der Waals surface area contributed by atoms with Crippen molar-refractivity contribution < 1.29 is 109 Å². The Kier molecular flexibility index (Phi) is 16.2. The highest BCUT2D eigenvalue weighted by atomic mass is 16.8. The van der Waals surface area contributed by atoms with Crippen LogP contribution in [-0.2, 0) is 47.4 Å². The highest BCUT2D eigenvalue weighted by molar-refractivity contribution is 5.29. The molecule has 10 rings (SSSR count). The molecule has 10 fully saturated rings. The zero-order chi connectivity index (χ0) is 55.9. The number of hydrogen-bond acceptors (Lipinski definition) is 22. The Hall–Kier alpha value is -0.880. The Morgan fingerprint density at radius 3 is 1.83 bits per heavy atom. The smallest absolute Gasteiger partial charge is 0.187 e. The minimum Gasteiger partial charge on any atom is -0.394 e. The SMILES string of the molecule is CC(C)OC1(C)CCC23COC4(CCC5C6(C)CCC(OC7OCC(OC8OC(CO)C(O)C(O)C8O)C(O)C7OC7OC(CO)C(OC8OC(C)C(O)C(O)C8O)C(O)C7O)C(C)(C)C6CCC5(C)C4(C)CC2O)C3C1. The number of aliphatic hydroxyl groups excluding tert-OH is 12. The van der Waals surface area contributed by atoms with Gasteiger partial charge in [0.25, 0.3) is 0 Å². The average molecular weight is 1110 g/mol. The summed E-state index contributed by atoms with van der Waals surface area (Å²) >= 11 is 0. The molecule has 22 nitrogen and oxygen atoms in total. The van der Waals surface area contributed by atoms with E-state index in [9.17, 15) is 61.3 Å². The van der Waals surface area contributed by atoms with Crippen LogP contribution in [0.2, 0.25) is 0 Å². The third-order valence-corrected chi connectivity index (χ3v) is 22.5. The van der Waals surface area contributed by atoms with Crippen molar-refractivity contribution in [2.24, 2.45) is 44.8 Å². The topological polar surface area (TPSA) is 335 Å². The minimum atomic E-state index is -1.96. The fourth-order valence-electron chi connectivity index (χ4n) is 18.1. The molecular formula is C55H92O22. The maximum Gasteiger partial charge on any atom is 0.187 e. The zero-order valence-corrected chi connectivity index (χ0v) is 46.3. The highest BCUT2D eigenvalue weighted by Crippen LogP contribution is 2.80. The van der Waals surface area contributed by atoms with Gasteiger partial charge < -0.3 is 109 Å². The van der Waals surface area contributed by atoms with Crippen molar-refractivity contribution in [1.82, 2.24) is 0 Å². The number of ether oxygens (including phenoxy) is 10. The molecule has 5 aliphatic heterocycles. The van der Waals surface area contributed by atoms with E-state index in [0.29, 0.717) is 19.4 Å². The van der Waals surface area contributed by atoms with Crippen LogP contribution in [0.25, 0.3) is 0 Å². The van der Waals surface area contributed by atoms with E-state index in [0.717, 1.165) is 51.4 Å². The quantitative estimate of drug-likeness (QED) is 0.109. The van der Waals surface area contributed by atoms with Crippen LogP contribution in [0.4, 0.5) is 0 Å². The van der Waals surface area contributed by atoms with Crippen molar-refractivity contribution in [1.29, 1.82) is 0 Å². The van der Waals surface area contributed by atoms with Gasteiger partial charge in [-0.1, -0.05) is 34.6 Å². The first kappa shape index (κ1) is 59.3. The molecule has 0 aromatic rings. The maximum absolute atomic E-state index is 12.5. The summed E-state index contributed by atoms with van der Waals surface area (Å²) < 4.78 is 62.8. The van der Waals surface area contributed by atoms with Gasteiger partial charge in [0.1, 0.15) is 85.5 Å². The summed E-state index contributed by atoms with van der Waals surface area (Å²) in [5.41, 5.74) is -2.15. The molecule has 77 heavy (non-hydrogen) atoms. The number of rotatable bonds is 12.